The fraction of sp³-hybridized carbons (Fsp3) is 0.400. The average Bonchev–Trinajstić information content (AvgIpc) is 2.14. The SMILES string of the molecule is CCCOS(=O)(=O)c1ccc(C)cc1F. The number of aryl methyl sites for hydroxylation is 1. The summed E-state index contributed by atoms with van der Waals surface area (Å²) in [5.74, 6) is -0.772. The van der Waals surface area contributed by atoms with Crippen molar-refractivity contribution in [3.8, 4) is 0 Å². The molecule has 84 valence electrons. The summed E-state index contributed by atoms with van der Waals surface area (Å²) in [4.78, 5) is -0.401. The van der Waals surface area contributed by atoms with E-state index in [-0.39, 0.29) is 6.61 Å². The van der Waals surface area contributed by atoms with E-state index in [1.54, 1.807) is 13.8 Å². The van der Waals surface area contributed by atoms with E-state index in [9.17, 15) is 12.8 Å². The summed E-state index contributed by atoms with van der Waals surface area (Å²) in [6.07, 6.45) is 0.562. The molecule has 0 saturated carbocycles. The third-order valence-electron chi connectivity index (χ3n) is 1.80. The Balaban J connectivity index is 3.05. The number of halogens is 1. The topological polar surface area (TPSA) is 43.4 Å². The molecule has 0 amide bonds. The molecule has 0 saturated heterocycles. The van der Waals surface area contributed by atoms with Crippen LogP contribution in [0.5, 0.6) is 0 Å². The summed E-state index contributed by atoms with van der Waals surface area (Å²) < 4.78 is 40.9. The third kappa shape index (κ3) is 3.00. The van der Waals surface area contributed by atoms with E-state index in [2.05, 4.69) is 4.18 Å². The second kappa shape index (κ2) is 4.72. The quantitative estimate of drug-likeness (QED) is 0.748. The van der Waals surface area contributed by atoms with Crippen LogP contribution >= 0.6 is 0 Å². The first-order valence-electron chi connectivity index (χ1n) is 4.63. The highest BCUT2D eigenvalue weighted by molar-refractivity contribution is 7.86. The maximum atomic E-state index is 13.3. The molecule has 1 aromatic carbocycles. The first-order chi connectivity index (χ1) is 6.97. The van der Waals surface area contributed by atoms with Gasteiger partial charge in [-0.15, -0.1) is 0 Å². The van der Waals surface area contributed by atoms with E-state index < -0.39 is 20.8 Å². The van der Waals surface area contributed by atoms with Gasteiger partial charge in [0.05, 0.1) is 6.61 Å². The van der Waals surface area contributed by atoms with Crippen molar-refractivity contribution in [1.29, 1.82) is 0 Å². The zero-order valence-electron chi connectivity index (χ0n) is 8.66. The molecular formula is C10H13FO3S. The Labute approximate surface area is 89.0 Å². The Kier molecular flexibility index (Phi) is 3.82. The molecule has 0 aliphatic heterocycles. The minimum Gasteiger partial charge on any atom is -0.266 e. The lowest BCUT2D eigenvalue weighted by molar-refractivity contribution is 0.316. The van der Waals surface area contributed by atoms with Gasteiger partial charge in [-0.1, -0.05) is 13.0 Å². The summed E-state index contributed by atoms with van der Waals surface area (Å²) in [5.41, 5.74) is 0.668. The molecule has 0 N–H and O–H groups in total. The van der Waals surface area contributed by atoms with Crippen LogP contribution in [0.4, 0.5) is 4.39 Å². The van der Waals surface area contributed by atoms with Crippen molar-refractivity contribution in [3.05, 3.63) is 29.6 Å². The molecule has 3 nitrogen and oxygen atoms in total. The molecule has 0 bridgehead atoms. The van der Waals surface area contributed by atoms with Crippen molar-refractivity contribution in [3.63, 3.8) is 0 Å². The Hall–Kier alpha value is -0.940. The summed E-state index contributed by atoms with van der Waals surface area (Å²) in [6.45, 7) is 3.53. The molecule has 0 unspecified atom stereocenters. The molecule has 0 heterocycles. The smallest absolute Gasteiger partial charge is 0.266 e. The highest BCUT2D eigenvalue weighted by atomic mass is 32.2. The van der Waals surface area contributed by atoms with Gasteiger partial charge in [0, 0.05) is 0 Å². The molecule has 0 aromatic heterocycles. The number of hydrogen-bond acceptors (Lipinski definition) is 3. The van der Waals surface area contributed by atoms with Gasteiger partial charge in [0.2, 0.25) is 0 Å². The van der Waals surface area contributed by atoms with Crippen molar-refractivity contribution in [1.82, 2.24) is 0 Å². The molecule has 0 aliphatic rings. The molecule has 15 heavy (non-hydrogen) atoms. The van der Waals surface area contributed by atoms with E-state index >= 15 is 0 Å². The zero-order chi connectivity index (χ0) is 11.5. The molecule has 1 rings (SSSR count). The standard InChI is InChI=1S/C10H13FO3S/c1-3-6-14-15(12,13)10-5-4-8(2)7-9(10)11/h4-5,7H,3,6H2,1-2H3. The summed E-state index contributed by atoms with van der Waals surface area (Å²) in [6, 6.07) is 3.92. The maximum Gasteiger partial charge on any atom is 0.299 e. The Bertz CT molecular complexity index is 440. The second-order valence-electron chi connectivity index (χ2n) is 3.21. The van der Waals surface area contributed by atoms with Crippen LogP contribution in [0.15, 0.2) is 23.1 Å². The Morgan fingerprint density at radius 2 is 2.07 bits per heavy atom. The van der Waals surface area contributed by atoms with Gasteiger partial charge in [0.25, 0.3) is 10.1 Å². The molecule has 0 atom stereocenters. The first kappa shape index (κ1) is 12.1. The minimum absolute atomic E-state index is 0.0651. The van der Waals surface area contributed by atoms with Crippen LogP contribution in [-0.4, -0.2) is 15.0 Å². The molecule has 0 fully saturated rings. The molecule has 0 aliphatic carbocycles. The predicted molar refractivity (Wildman–Crippen MR) is 54.6 cm³/mol. The Morgan fingerprint density at radius 1 is 1.40 bits per heavy atom. The van der Waals surface area contributed by atoms with Crippen molar-refractivity contribution in [2.24, 2.45) is 0 Å². The van der Waals surface area contributed by atoms with E-state index in [0.717, 1.165) is 0 Å². The fourth-order valence-electron chi connectivity index (χ4n) is 1.07. The van der Waals surface area contributed by atoms with Crippen LogP contribution in [0.3, 0.4) is 0 Å². The largest absolute Gasteiger partial charge is 0.299 e. The molecule has 0 radical (unpaired) electrons. The summed E-state index contributed by atoms with van der Waals surface area (Å²) in [7, 11) is -3.94. The monoisotopic (exact) mass is 232 g/mol. The van der Waals surface area contributed by atoms with Crippen molar-refractivity contribution in [2.45, 2.75) is 25.2 Å². The minimum atomic E-state index is -3.94. The van der Waals surface area contributed by atoms with Gasteiger partial charge >= 0.3 is 0 Å². The van der Waals surface area contributed by atoms with Crippen LogP contribution in [0.2, 0.25) is 0 Å². The van der Waals surface area contributed by atoms with Crippen molar-refractivity contribution < 1.29 is 17.0 Å². The van der Waals surface area contributed by atoms with Crippen LogP contribution < -0.4 is 0 Å². The lowest BCUT2D eigenvalue weighted by Crippen LogP contribution is -2.09. The third-order valence-corrected chi connectivity index (χ3v) is 3.15. The maximum absolute atomic E-state index is 13.3. The van der Waals surface area contributed by atoms with E-state index in [4.69, 9.17) is 0 Å². The van der Waals surface area contributed by atoms with Gasteiger partial charge in [0.15, 0.2) is 0 Å². The van der Waals surface area contributed by atoms with E-state index in [0.29, 0.717) is 12.0 Å². The van der Waals surface area contributed by atoms with Gasteiger partial charge in [-0.25, -0.2) is 4.39 Å². The number of benzene rings is 1. The highest BCUT2D eigenvalue weighted by Gasteiger charge is 2.19. The predicted octanol–water partition coefficient (Wildman–Crippen LogP) is 2.25. The fourth-order valence-corrected chi connectivity index (χ4v) is 2.11. The van der Waals surface area contributed by atoms with Gasteiger partial charge < -0.3 is 0 Å². The van der Waals surface area contributed by atoms with Crippen LogP contribution in [-0.2, 0) is 14.3 Å². The lowest BCUT2D eigenvalue weighted by Gasteiger charge is -2.05. The van der Waals surface area contributed by atoms with Crippen LogP contribution in [0, 0.1) is 12.7 Å². The van der Waals surface area contributed by atoms with Gasteiger partial charge in [-0.05, 0) is 31.0 Å². The Morgan fingerprint density at radius 3 is 2.60 bits per heavy atom. The molecular weight excluding hydrogens is 219 g/mol. The summed E-state index contributed by atoms with van der Waals surface area (Å²) in [5, 5.41) is 0. The molecule has 0 spiro atoms. The van der Waals surface area contributed by atoms with Gasteiger partial charge in [-0.3, -0.25) is 4.18 Å². The van der Waals surface area contributed by atoms with E-state index in [1.165, 1.54) is 18.2 Å². The first-order valence-corrected chi connectivity index (χ1v) is 6.04. The molecule has 1 aromatic rings. The van der Waals surface area contributed by atoms with Gasteiger partial charge in [0.1, 0.15) is 10.7 Å². The molecule has 5 heteroatoms. The van der Waals surface area contributed by atoms with Crippen molar-refractivity contribution >= 4 is 10.1 Å². The normalized spacial score (nSPS) is 11.7. The van der Waals surface area contributed by atoms with E-state index in [1.807, 2.05) is 0 Å². The van der Waals surface area contributed by atoms with Crippen LogP contribution in [0.1, 0.15) is 18.9 Å². The zero-order valence-corrected chi connectivity index (χ0v) is 9.47. The van der Waals surface area contributed by atoms with Crippen LogP contribution in [0.25, 0.3) is 0 Å². The second-order valence-corrected chi connectivity index (χ2v) is 4.79. The number of hydrogen-bond donors (Lipinski definition) is 0. The number of rotatable bonds is 4. The lowest BCUT2D eigenvalue weighted by atomic mass is 10.2. The van der Waals surface area contributed by atoms with Gasteiger partial charge in [-0.2, -0.15) is 8.42 Å². The van der Waals surface area contributed by atoms with Crippen molar-refractivity contribution in [2.75, 3.05) is 6.61 Å². The highest BCUT2D eigenvalue weighted by Crippen LogP contribution is 2.18. The average molecular weight is 232 g/mol. The summed E-state index contributed by atoms with van der Waals surface area (Å²) >= 11 is 0.